The Morgan fingerprint density at radius 3 is 2.44 bits per heavy atom. The molecule has 0 spiro atoms. The lowest BCUT2D eigenvalue weighted by atomic mass is 10.00. The van der Waals surface area contributed by atoms with Gasteiger partial charge in [-0.15, -0.1) is 0 Å². The van der Waals surface area contributed by atoms with Crippen molar-refractivity contribution in [1.29, 1.82) is 0 Å². The summed E-state index contributed by atoms with van der Waals surface area (Å²) in [7, 11) is 0. The zero-order chi connectivity index (χ0) is 13.3. The summed E-state index contributed by atoms with van der Waals surface area (Å²) in [6, 6.07) is 9.35. The quantitative estimate of drug-likeness (QED) is 0.816. The van der Waals surface area contributed by atoms with Crippen LogP contribution in [0.1, 0.15) is 17.2 Å². The molecular weight excluding hydrogens is 340 g/mol. The molecule has 0 amide bonds. The van der Waals surface area contributed by atoms with E-state index in [0.717, 1.165) is 11.1 Å². The van der Waals surface area contributed by atoms with Crippen molar-refractivity contribution in [2.24, 2.45) is 5.73 Å². The van der Waals surface area contributed by atoms with E-state index >= 15 is 0 Å². The van der Waals surface area contributed by atoms with Crippen LogP contribution < -0.4 is 5.73 Å². The number of benzene rings is 2. The van der Waals surface area contributed by atoms with E-state index in [1.165, 1.54) is 6.07 Å². The average molecular weight is 349 g/mol. The van der Waals surface area contributed by atoms with Crippen molar-refractivity contribution in [3.05, 3.63) is 67.9 Å². The van der Waals surface area contributed by atoms with E-state index in [4.69, 9.17) is 28.9 Å². The lowest BCUT2D eigenvalue weighted by Gasteiger charge is -2.15. The maximum absolute atomic E-state index is 13.2. The fourth-order valence-electron chi connectivity index (χ4n) is 1.64. The van der Waals surface area contributed by atoms with Crippen molar-refractivity contribution in [1.82, 2.24) is 0 Å². The van der Waals surface area contributed by atoms with Gasteiger partial charge in [0.1, 0.15) is 5.82 Å². The highest BCUT2D eigenvalue weighted by atomic mass is 79.9. The van der Waals surface area contributed by atoms with Crippen LogP contribution in [0.4, 0.5) is 4.39 Å². The molecule has 5 heteroatoms. The van der Waals surface area contributed by atoms with Gasteiger partial charge in [-0.2, -0.15) is 0 Å². The number of hydrogen-bond donors (Lipinski definition) is 1. The van der Waals surface area contributed by atoms with E-state index in [9.17, 15) is 4.39 Å². The standard InChI is InChI=1S/C13H9BrCl2FN/c14-10-5-7(1-4-12(10)17)13(18)9-3-2-8(15)6-11(9)16/h1-6,13H,18H2. The summed E-state index contributed by atoms with van der Waals surface area (Å²) in [5.41, 5.74) is 7.64. The Kier molecular flexibility index (Phi) is 4.28. The van der Waals surface area contributed by atoms with E-state index in [0.29, 0.717) is 14.5 Å². The first-order valence-corrected chi connectivity index (χ1v) is 6.69. The van der Waals surface area contributed by atoms with Gasteiger partial charge >= 0.3 is 0 Å². The molecule has 2 N–H and O–H groups in total. The maximum Gasteiger partial charge on any atom is 0.137 e. The minimum Gasteiger partial charge on any atom is -0.320 e. The van der Waals surface area contributed by atoms with Gasteiger partial charge in [0.25, 0.3) is 0 Å². The number of rotatable bonds is 2. The van der Waals surface area contributed by atoms with Gasteiger partial charge < -0.3 is 5.73 Å². The molecule has 2 aromatic carbocycles. The summed E-state index contributed by atoms with van der Waals surface area (Å²) in [5, 5.41) is 1.05. The predicted molar refractivity (Wildman–Crippen MR) is 76.6 cm³/mol. The van der Waals surface area contributed by atoms with Gasteiger partial charge in [0, 0.05) is 10.0 Å². The van der Waals surface area contributed by atoms with E-state index in [-0.39, 0.29) is 5.82 Å². The van der Waals surface area contributed by atoms with Crippen molar-refractivity contribution < 1.29 is 4.39 Å². The third-order valence-corrected chi connectivity index (χ3v) is 3.77. The Morgan fingerprint density at radius 2 is 1.83 bits per heavy atom. The summed E-state index contributed by atoms with van der Waals surface area (Å²) in [6.45, 7) is 0. The van der Waals surface area contributed by atoms with E-state index < -0.39 is 6.04 Å². The van der Waals surface area contributed by atoms with Crippen molar-refractivity contribution in [3.63, 3.8) is 0 Å². The van der Waals surface area contributed by atoms with Crippen molar-refractivity contribution in [2.45, 2.75) is 6.04 Å². The van der Waals surface area contributed by atoms with Crippen molar-refractivity contribution in [3.8, 4) is 0 Å². The van der Waals surface area contributed by atoms with Crippen molar-refractivity contribution >= 4 is 39.1 Å². The van der Waals surface area contributed by atoms with Crippen LogP contribution in [0, 0.1) is 5.82 Å². The number of nitrogens with two attached hydrogens (primary N) is 1. The molecule has 0 bridgehead atoms. The van der Waals surface area contributed by atoms with Crippen molar-refractivity contribution in [2.75, 3.05) is 0 Å². The smallest absolute Gasteiger partial charge is 0.137 e. The third-order valence-electron chi connectivity index (χ3n) is 2.60. The fourth-order valence-corrected chi connectivity index (χ4v) is 2.56. The van der Waals surface area contributed by atoms with E-state index in [1.807, 2.05) is 0 Å². The molecule has 0 aliphatic carbocycles. The molecule has 2 rings (SSSR count). The average Bonchev–Trinajstić information content (AvgIpc) is 2.32. The molecular formula is C13H9BrCl2FN. The largest absolute Gasteiger partial charge is 0.320 e. The molecule has 18 heavy (non-hydrogen) atoms. The Bertz CT molecular complexity index is 589. The SMILES string of the molecule is NC(c1ccc(F)c(Br)c1)c1ccc(Cl)cc1Cl. The minimum absolute atomic E-state index is 0.326. The van der Waals surface area contributed by atoms with E-state index in [2.05, 4.69) is 15.9 Å². The molecule has 1 atom stereocenters. The van der Waals surface area contributed by atoms with Crippen LogP contribution in [0.2, 0.25) is 10.0 Å². The summed E-state index contributed by atoms with van der Waals surface area (Å²) in [5.74, 6) is -0.326. The molecule has 0 saturated heterocycles. The summed E-state index contributed by atoms with van der Waals surface area (Å²) in [4.78, 5) is 0. The van der Waals surface area contributed by atoms with Gasteiger partial charge in [0.2, 0.25) is 0 Å². The summed E-state index contributed by atoms with van der Waals surface area (Å²) in [6.07, 6.45) is 0. The van der Waals surface area contributed by atoms with Crippen LogP contribution in [-0.4, -0.2) is 0 Å². The lowest BCUT2D eigenvalue weighted by Crippen LogP contribution is -2.12. The first-order chi connectivity index (χ1) is 8.49. The monoisotopic (exact) mass is 347 g/mol. The second kappa shape index (κ2) is 5.57. The van der Waals surface area contributed by atoms with Crippen LogP contribution >= 0.6 is 39.1 Å². The normalized spacial score (nSPS) is 12.5. The molecule has 0 aliphatic rings. The summed E-state index contributed by atoms with van der Waals surface area (Å²) >= 11 is 15.1. The molecule has 0 saturated carbocycles. The fraction of sp³-hybridized carbons (Fsp3) is 0.0769. The zero-order valence-corrected chi connectivity index (χ0v) is 12.2. The second-order valence-electron chi connectivity index (χ2n) is 3.82. The van der Waals surface area contributed by atoms with Gasteiger partial charge in [-0.1, -0.05) is 35.3 Å². The number of hydrogen-bond acceptors (Lipinski definition) is 1. The van der Waals surface area contributed by atoms with Gasteiger partial charge in [-0.3, -0.25) is 0 Å². The molecule has 0 radical (unpaired) electrons. The number of halogens is 4. The Morgan fingerprint density at radius 1 is 1.11 bits per heavy atom. The minimum atomic E-state index is -0.424. The molecule has 1 unspecified atom stereocenters. The van der Waals surface area contributed by atoms with Crippen LogP contribution in [0.3, 0.4) is 0 Å². The Hall–Kier alpha value is -0.610. The highest BCUT2D eigenvalue weighted by molar-refractivity contribution is 9.10. The highest BCUT2D eigenvalue weighted by Crippen LogP contribution is 2.30. The molecule has 0 aliphatic heterocycles. The molecule has 0 heterocycles. The molecule has 0 aromatic heterocycles. The van der Waals surface area contributed by atoms with Gasteiger partial charge in [-0.25, -0.2) is 4.39 Å². The first kappa shape index (κ1) is 13.8. The molecule has 1 nitrogen and oxygen atoms in total. The topological polar surface area (TPSA) is 26.0 Å². The Labute approximate surface area is 123 Å². The van der Waals surface area contributed by atoms with Crippen LogP contribution in [-0.2, 0) is 0 Å². The summed E-state index contributed by atoms with van der Waals surface area (Å²) < 4.78 is 13.5. The highest BCUT2D eigenvalue weighted by Gasteiger charge is 2.14. The Balaban J connectivity index is 2.41. The molecule has 94 valence electrons. The molecule has 2 aromatic rings. The third kappa shape index (κ3) is 2.86. The van der Waals surface area contributed by atoms with Crippen LogP contribution in [0.15, 0.2) is 40.9 Å². The van der Waals surface area contributed by atoms with E-state index in [1.54, 1.807) is 30.3 Å². The van der Waals surface area contributed by atoms with Crippen LogP contribution in [0.5, 0.6) is 0 Å². The lowest BCUT2D eigenvalue weighted by molar-refractivity contribution is 0.619. The van der Waals surface area contributed by atoms with Crippen LogP contribution in [0.25, 0.3) is 0 Å². The first-order valence-electron chi connectivity index (χ1n) is 5.14. The predicted octanol–water partition coefficient (Wildman–Crippen LogP) is 4.94. The second-order valence-corrected chi connectivity index (χ2v) is 5.52. The van der Waals surface area contributed by atoms with Gasteiger partial charge in [0.05, 0.1) is 10.5 Å². The maximum atomic E-state index is 13.2. The van der Waals surface area contributed by atoms with Gasteiger partial charge in [-0.05, 0) is 51.3 Å². The van der Waals surface area contributed by atoms with Gasteiger partial charge in [0.15, 0.2) is 0 Å². The zero-order valence-electron chi connectivity index (χ0n) is 9.13. The molecule has 0 fully saturated rings.